The van der Waals surface area contributed by atoms with Gasteiger partial charge >= 0.3 is 0 Å². The van der Waals surface area contributed by atoms with Gasteiger partial charge in [-0.25, -0.2) is 22.4 Å². The van der Waals surface area contributed by atoms with Crippen LogP contribution in [0.5, 0.6) is 0 Å². The van der Waals surface area contributed by atoms with Crippen molar-refractivity contribution in [2.24, 2.45) is 5.92 Å². The highest BCUT2D eigenvalue weighted by Gasteiger charge is 2.28. The van der Waals surface area contributed by atoms with E-state index in [0.717, 1.165) is 0 Å². The summed E-state index contributed by atoms with van der Waals surface area (Å²) in [5.41, 5.74) is 0.612. The molecule has 3 rings (SSSR count). The number of aromatic nitrogens is 3. The average Bonchev–Trinajstić information content (AvgIpc) is 3.09. The lowest BCUT2D eigenvalue weighted by atomic mass is 9.97. The number of nitrogens with zero attached hydrogens (tertiary/aromatic N) is 4. The summed E-state index contributed by atoms with van der Waals surface area (Å²) in [6.45, 7) is 0.765. The van der Waals surface area contributed by atoms with Gasteiger partial charge in [0.1, 0.15) is 0 Å². The van der Waals surface area contributed by atoms with Gasteiger partial charge in [0.2, 0.25) is 15.9 Å². The first-order chi connectivity index (χ1) is 11.4. The SMILES string of the molecule is CS(=O)(=O)N1CCC(C(=O)Nc2ccc(-n3cccn3)nc2)CC1. The van der Waals surface area contributed by atoms with E-state index in [1.54, 1.807) is 41.5 Å². The Morgan fingerprint density at radius 1 is 1.29 bits per heavy atom. The van der Waals surface area contributed by atoms with Crippen LogP contribution in [-0.4, -0.2) is 52.7 Å². The number of amides is 1. The highest BCUT2D eigenvalue weighted by Crippen LogP contribution is 2.21. The molecular weight excluding hydrogens is 330 g/mol. The molecule has 0 radical (unpaired) electrons. The summed E-state index contributed by atoms with van der Waals surface area (Å²) in [5, 5.41) is 6.93. The largest absolute Gasteiger partial charge is 0.324 e. The van der Waals surface area contributed by atoms with E-state index in [1.807, 2.05) is 0 Å². The van der Waals surface area contributed by atoms with Crippen LogP contribution in [0.1, 0.15) is 12.8 Å². The third-order valence-electron chi connectivity index (χ3n) is 4.05. The second-order valence-electron chi connectivity index (χ2n) is 5.78. The first-order valence-electron chi connectivity index (χ1n) is 7.65. The van der Waals surface area contributed by atoms with Crippen molar-refractivity contribution in [2.45, 2.75) is 12.8 Å². The van der Waals surface area contributed by atoms with E-state index < -0.39 is 10.0 Å². The molecule has 1 fully saturated rings. The van der Waals surface area contributed by atoms with E-state index in [1.165, 1.54) is 10.6 Å². The smallest absolute Gasteiger partial charge is 0.227 e. The molecular formula is C15H19N5O3S. The zero-order valence-corrected chi connectivity index (χ0v) is 14.1. The summed E-state index contributed by atoms with van der Waals surface area (Å²) >= 11 is 0. The zero-order chi connectivity index (χ0) is 17.2. The van der Waals surface area contributed by atoms with E-state index >= 15 is 0 Å². The minimum atomic E-state index is -3.18. The summed E-state index contributed by atoms with van der Waals surface area (Å²) in [6.07, 6.45) is 7.28. The van der Waals surface area contributed by atoms with Gasteiger partial charge in [0.15, 0.2) is 5.82 Å². The van der Waals surface area contributed by atoms with Gasteiger partial charge in [0.05, 0.1) is 18.1 Å². The van der Waals surface area contributed by atoms with Crippen molar-refractivity contribution in [3.05, 3.63) is 36.8 Å². The highest BCUT2D eigenvalue weighted by atomic mass is 32.2. The molecule has 0 aliphatic carbocycles. The number of anilines is 1. The predicted molar refractivity (Wildman–Crippen MR) is 89.1 cm³/mol. The molecule has 1 saturated heterocycles. The molecule has 3 heterocycles. The second kappa shape index (κ2) is 6.70. The number of rotatable bonds is 4. The van der Waals surface area contributed by atoms with Crippen molar-refractivity contribution >= 4 is 21.6 Å². The average molecular weight is 349 g/mol. The Balaban J connectivity index is 1.58. The summed E-state index contributed by atoms with van der Waals surface area (Å²) in [4.78, 5) is 16.6. The van der Waals surface area contributed by atoms with Crippen molar-refractivity contribution in [3.8, 4) is 5.82 Å². The maximum absolute atomic E-state index is 12.3. The molecule has 1 aliphatic heterocycles. The second-order valence-corrected chi connectivity index (χ2v) is 7.76. The van der Waals surface area contributed by atoms with Crippen LogP contribution in [0.25, 0.3) is 5.82 Å². The summed E-state index contributed by atoms with van der Waals surface area (Å²) < 4.78 is 26.0. The van der Waals surface area contributed by atoms with E-state index in [4.69, 9.17) is 0 Å². The molecule has 0 unspecified atom stereocenters. The van der Waals surface area contributed by atoms with Gasteiger partial charge < -0.3 is 5.32 Å². The topological polar surface area (TPSA) is 97.2 Å². The first-order valence-corrected chi connectivity index (χ1v) is 9.50. The van der Waals surface area contributed by atoms with E-state index in [-0.39, 0.29) is 11.8 Å². The Morgan fingerprint density at radius 3 is 2.58 bits per heavy atom. The molecule has 0 atom stereocenters. The van der Waals surface area contributed by atoms with Gasteiger partial charge in [0, 0.05) is 31.4 Å². The lowest BCUT2D eigenvalue weighted by Gasteiger charge is -2.29. The van der Waals surface area contributed by atoms with E-state index in [2.05, 4.69) is 15.4 Å². The van der Waals surface area contributed by atoms with Crippen molar-refractivity contribution in [3.63, 3.8) is 0 Å². The van der Waals surface area contributed by atoms with Crippen LogP contribution in [0.3, 0.4) is 0 Å². The van der Waals surface area contributed by atoms with Crippen LogP contribution in [-0.2, 0) is 14.8 Å². The summed E-state index contributed by atoms with van der Waals surface area (Å²) in [5.74, 6) is 0.380. The summed E-state index contributed by atoms with van der Waals surface area (Å²) in [7, 11) is -3.18. The van der Waals surface area contributed by atoms with E-state index in [9.17, 15) is 13.2 Å². The van der Waals surface area contributed by atoms with Gasteiger partial charge in [-0.2, -0.15) is 5.10 Å². The lowest BCUT2D eigenvalue weighted by molar-refractivity contribution is -0.120. The molecule has 0 aromatic carbocycles. The number of pyridine rings is 1. The quantitative estimate of drug-likeness (QED) is 0.884. The van der Waals surface area contributed by atoms with Gasteiger partial charge in [-0.05, 0) is 31.0 Å². The lowest BCUT2D eigenvalue weighted by Crippen LogP contribution is -2.40. The fraction of sp³-hybridized carbons (Fsp3) is 0.400. The number of carbonyl (C=O) groups is 1. The number of hydrogen-bond donors (Lipinski definition) is 1. The molecule has 0 spiro atoms. The number of sulfonamides is 1. The van der Waals surface area contributed by atoms with E-state index in [0.29, 0.717) is 37.4 Å². The minimum Gasteiger partial charge on any atom is -0.324 e. The van der Waals surface area contributed by atoms with Crippen molar-refractivity contribution < 1.29 is 13.2 Å². The molecule has 9 heteroatoms. The Hall–Kier alpha value is -2.26. The Morgan fingerprint density at radius 2 is 2.04 bits per heavy atom. The van der Waals surface area contributed by atoms with Crippen LogP contribution >= 0.6 is 0 Å². The minimum absolute atomic E-state index is 0.100. The van der Waals surface area contributed by atoms with Crippen LogP contribution in [0.2, 0.25) is 0 Å². The number of carbonyl (C=O) groups excluding carboxylic acids is 1. The fourth-order valence-corrected chi connectivity index (χ4v) is 3.57. The van der Waals surface area contributed by atoms with Crippen LogP contribution in [0.4, 0.5) is 5.69 Å². The van der Waals surface area contributed by atoms with Gasteiger partial charge in [0.25, 0.3) is 0 Å². The van der Waals surface area contributed by atoms with Crippen molar-refractivity contribution in [1.29, 1.82) is 0 Å². The van der Waals surface area contributed by atoms with Crippen molar-refractivity contribution in [2.75, 3.05) is 24.7 Å². The van der Waals surface area contributed by atoms with Crippen LogP contribution in [0, 0.1) is 5.92 Å². The molecule has 128 valence electrons. The maximum Gasteiger partial charge on any atom is 0.227 e. The van der Waals surface area contributed by atoms with Crippen LogP contribution in [0.15, 0.2) is 36.8 Å². The highest BCUT2D eigenvalue weighted by molar-refractivity contribution is 7.88. The Bertz CT molecular complexity index is 794. The number of hydrogen-bond acceptors (Lipinski definition) is 5. The van der Waals surface area contributed by atoms with Crippen molar-refractivity contribution in [1.82, 2.24) is 19.1 Å². The number of piperidine rings is 1. The summed E-state index contributed by atoms with van der Waals surface area (Å²) in [6, 6.07) is 5.35. The molecule has 1 amide bonds. The maximum atomic E-state index is 12.3. The fourth-order valence-electron chi connectivity index (χ4n) is 2.69. The van der Waals surface area contributed by atoms with Gasteiger partial charge in [-0.3, -0.25) is 4.79 Å². The van der Waals surface area contributed by atoms with Gasteiger partial charge in [-0.1, -0.05) is 0 Å². The molecule has 0 bridgehead atoms. The van der Waals surface area contributed by atoms with Gasteiger partial charge in [-0.15, -0.1) is 0 Å². The third-order valence-corrected chi connectivity index (χ3v) is 5.35. The molecule has 1 N–H and O–H groups in total. The Kier molecular flexibility index (Phi) is 4.63. The third kappa shape index (κ3) is 3.80. The standard InChI is InChI=1S/C15H19N5O3S/c1-24(22,23)19-9-5-12(6-10-19)15(21)18-13-3-4-14(16-11-13)20-8-2-7-17-20/h2-4,7-8,11-12H,5-6,9-10H2,1H3,(H,18,21). The molecule has 1 aliphatic rings. The normalized spacial score (nSPS) is 16.9. The number of nitrogens with one attached hydrogen (secondary N) is 1. The Labute approximate surface area is 140 Å². The van der Waals surface area contributed by atoms with Crippen LogP contribution < -0.4 is 5.32 Å². The molecule has 2 aromatic rings. The first kappa shape index (κ1) is 16.6. The molecule has 8 nitrogen and oxygen atoms in total. The monoisotopic (exact) mass is 349 g/mol. The molecule has 2 aromatic heterocycles. The predicted octanol–water partition coefficient (Wildman–Crippen LogP) is 0.877. The molecule has 24 heavy (non-hydrogen) atoms. The zero-order valence-electron chi connectivity index (χ0n) is 13.3. The molecule has 0 saturated carbocycles.